The molecule has 0 aliphatic carbocycles. The molecule has 1 fully saturated rings. The van der Waals surface area contributed by atoms with Crippen LogP contribution in [0.1, 0.15) is 31.9 Å². The fourth-order valence-corrected chi connectivity index (χ4v) is 3.32. The number of carbonyl (C=O) groups is 2. The summed E-state index contributed by atoms with van der Waals surface area (Å²) in [5.41, 5.74) is 2.27. The predicted octanol–water partition coefficient (Wildman–Crippen LogP) is 3.32. The molecule has 0 saturated carbocycles. The molecule has 2 aromatic rings. The van der Waals surface area contributed by atoms with Gasteiger partial charge in [0.15, 0.2) is 0 Å². The first kappa shape index (κ1) is 21.8. The van der Waals surface area contributed by atoms with Crippen molar-refractivity contribution < 1.29 is 14.3 Å². The fourth-order valence-electron chi connectivity index (χ4n) is 3.32. The van der Waals surface area contributed by atoms with Crippen molar-refractivity contribution in [2.75, 3.05) is 31.5 Å². The molecule has 3 rings (SSSR count). The van der Waals surface area contributed by atoms with Crippen LogP contribution < -0.4 is 5.32 Å². The second kappa shape index (κ2) is 9.71. The molecule has 160 valence electrons. The van der Waals surface area contributed by atoms with E-state index in [-0.39, 0.29) is 5.91 Å². The third-order valence-corrected chi connectivity index (χ3v) is 4.84. The second-order valence-electron chi connectivity index (χ2n) is 8.51. The maximum absolute atomic E-state index is 12.7. The quantitative estimate of drug-likeness (QED) is 0.819. The highest BCUT2D eigenvalue weighted by Gasteiger charge is 2.21. The first-order valence-electron chi connectivity index (χ1n) is 10.3. The van der Waals surface area contributed by atoms with Crippen LogP contribution in [0.15, 0.2) is 48.8 Å². The number of anilines is 1. The Morgan fingerprint density at radius 3 is 2.20 bits per heavy atom. The number of rotatable bonds is 5. The standard InChI is InChI=1S/C23H30N4O3/c1-23(2,3)30-22(29)25-20-6-4-18(5-7-20)16-21(28)27-14-12-26(13-15-27)17-19-8-10-24-11-9-19/h4-11H,12-17H2,1-3H3,(H,25,29). The van der Waals surface area contributed by atoms with Crippen LogP contribution in [0.2, 0.25) is 0 Å². The van der Waals surface area contributed by atoms with Crippen LogP contribution in [0, 0.1) is 0 Å². The van der Waals surface area contributed by atoms with E-state index in [9.17, 15) is 9.59 Å². The Morgan fingerprint density at radius 1 is 0.967 bits per heavy atom. The molecule has 1 aromatic carbocycles. The summed E-state index contributed by atoms with van der Waals surface area (Å²) in [7, 11) is 0. The van der Waals surface area contributed by atoms with E-state index in [4.69, 9.17) is 4.74 Å². The number of amides is 2. The Kier molecular flexibility index (Phi) is 7.05. The maximum Gasteiger partial charge on any atom is 0.412 e. The van der Waals surface area contributed by atoms with Crippen LogP contribution in [0.3, 0.4) is 0 Å². The lowest BCUT2D eigenvalue weighted by Crippen LogP contribution is -2.48. The Balaban J connectivity index is 1.44. The van der Waals surface area contributed by atoms with Crippen LogP contribution >= 0.6 is 0 Å². The SMILES string of the molecule is CC(C)(C)OC(=O)Nc1ccc(CC(=O)N2CCN(Cc3ccncc3)CC2)cc1. The van der Waals surface area contributed by atoms with Crippen LogP contribution in [0.4, 0.5) is 10.5 Å². The number of aromatic nitrogens is 1. The van der Waals surface area contributed by atoms with Crippen molar-refractivity contribution in [3.8, 4) is 0 Å². The Labute approximate surface area is 178 Å². The number of hydrogen-bond donors (Lipinski definition) is 1. The summed E-state index contributed by atoms with van der Waals surface area (Å²) >= 11 is 0. The molecule has 1 aromatic heterocycles. The van der Waals surface area contributed by atoms with Gasteiger partial charge in [-0.3, -0.25) is 20.0 Å². The number of carbonyl (C=O) groups excluding carboxylic acids is 2. The van der Waals surface area contributed by atoms with E-state index >= 15 is 0 Å². The van der Waals surface area contributed by atoms with Gasteiger partial charge in [0.1, 0.15) is 5.60 Å². The highest BCUT2D eigenvalue weighted by Crippen LogP contribution is 2.15. The molecule has 0 spiro atoms. The minimum atomic E-state index is -0.543. The van der Waals surface area contributed by atoms with Gasteiger partial charge in [-0.05, 0) is 56.2 Å². The van der Waals surface area contributed by atoms with Crippen molar-refractivity contribution in [1.82, 2.24) is 14.8 Å². The normalized spacial score (nSPS) is 15.0. The van der Waals surface area contributed by atoms with Crippen molar-refractivity contribution in [1.29, 1.82) is 0 Å². The molecular formula is C23H30N4O3. The van der Waals surface area contributed by atoms with Crippen LogP contribution in [0.25, 0.3) is 0 Å². The molecule has 7 nitrogen and oxygen atoms in total. The minimum absolute atomic E-state index is 0.131. The van der Waals surface area contributed by atoms with Crippen molar-refractivity contribution in [2.24, 2.45) is 0 Å². The Morgan fingerprint density at radius 2 is 1.60 bits per heavy atom. The average molecular weight is 411 g/mol. The zero-order chi connectivity index (χ0) is 21.6. The van der Waals surface area contributed by atoms with Crippen molar-refractivity contribution in [3.05, 3.63) is 59.9 Å². The zero-order valence-corrected chi connectivity index (χ0v) is 17.9. The van der Waals surface area contributed by atoms with Gasteiger partial charge in [-0.15, -0.1) is 0 Å². The summed E-state index contributed by atoms with van der Waals surface area (Å²) in [6.07, 6.45) is 3.49. The molecule has 1 N–H and O–H groups in total. The van der Waals surface area contributed by atoms with Crippen LogP contribution in [0.5, 0.6) is 0 Å². The third kappa shape index (κ3) is 6.84. The molecule has 1 aliphatic rings. The molecule has 2 heterocycles. The summed E-state index contributed by atoms with van der Waals surface area (Å²) in [4.78, 5) is 32.8. The molecule has 0 unspecified atom stereocenters. The van der Waals surface area contributed by atoms with Crippen molar-refractivity contribution in [2.45, 2.75) is 39.3 Å². The van der Waals surface area contributed by atoms with E-state index in [1.165, 1.54) is 5.56 Å². The highest BCUT2D eigenvalue weighted by atomic mass is 16.6. The monoisotopic (exact) mass is 410 g/mol. The van der Waals surface area contributed by atoms with Crippen LogP contribution in [-0.2, 0) is 22.5 Å². The van der Waals surface area contributed by atoms with Crippen molar-refractivity contribution >= 4 is 17.7 Å². The summed E-state index contributed by atoms with van der Waals surface area (Å²) in [6.45, 7) is 9.56. The summed E-state index contributed by atoms with van der Waals surface area (Å²) in [6, 6.07) is 11.4. The number of hydrogen-bond acceptors (Lipinski definition) is 5. The lowest BCUT2D eigenvalue weighted by Gasteiger charge is -2.34. The lowest BCUT2D eigenvalue weighted by molar-refractivity contribution is -0.132. The van der Waals surface area contributed by atoms with E-state index in [1.54, 1.807) is 12.1 Å². The van der Waals surface area contributed by atoms with Gasteiger partial charge in [0, 0.05) is 50.8 Å². The van der Waals surface area contributed by atoms with E-state index in [1.807, 2.05) is 62.3 Å². The lowest BCUT2D eigenvalue weighted by atomic mass is 10.1. The number of nitrogens with one attached hydrogen (secondary N) is 1. The Hall–Kier alpha value is -2.93. The molecule has 1 saturated heterocycles. The van der Waals surface area contributed by atoms with E-state index in [0.29, 0.717) is 12.1 Å². The van der Waals surface area contributed by atoms with Gasteiger partial charge in [0.05, 0.1) is 6.42 Å². The molecule has 1 aliphatic heterocycles. The first-order valence-corrected chi connectivity index (χ1v) is 10.3. The van der Waals surface area contributed by atoms with Gasteiger partial charge in [-0.1, -0.05) is 12.1 Å². The summed E-state index contributed by atoms with van der Waals surface area (Å²) < 4.78 is 5.24. The molecule has 7 heteroatoms. The third-order valence-electron chi connectivity index (χ3n) is 4.84. The van der Waals surface area contributed by atoms with E-state index < -0.39 is 11.7 Å². The number of pyridine rings is 1. The molecule has 0 atom stereocenters. The van der Waals surface area contributed by atoms with Gasteiger partial charge in [0.25, 0.3) is 0 Å². The molecule has 2 amide bonds. The van der Waals surface area contributed by atoms with E-state index in [0.717, 1.165) is 38.3 Å². The smallest absolute Gasteiger partial charge is 0.412 e. The second-order valence-corrected chi connectivity index (χ2v) is 8.51. The number of ether oxygens (including phenoxy) is 1. The zero-order valence-electron chi connectivity index (χ0n) is 17.9. The maximum atomic E-state index is 12.7. The summed E-state index contributed by atoms with van der Waals surface area (Å²) in [5, 5.41) is 2.70. The average Bonchev–Trinajstić information content (AvgIpc) is 2.69. The largest absolute Gasteiger partial charge is 0.444 e. The van der Waals surface area contributed by atoms with Gasteiger partial charge >= 0.3 is 6.09 Å². The van der Waals surface area contributed by atoms with Crippen LogP contribution in [-0.4, -0.2) is 58.6 Å². The number of nitrogens with zero attached hydrogens (tertiary/aromatic N) is 3. The highest BCUT2D eigenvalue weighted by molar-refractivity contribution is 5.85. The molecule has 0 bridgehead atoms. The predicted molar refractivity (Wildman–Crippen MR) is 116 cm³/mol. The number of piperazine rings is 1. The van der Waals surface area contributed by atoms with Gasteiger partial charge in [0.2, 0.25) is 5.91 Å². The summed E-state index contributed by atoms with van der Waals surface area (Å²) in [5.74, 6) is 0.131. The van der Waals surface area contributed by atoms with Crippen molar-refractivity contribution in [3.63, 3.8) is 0 Å². The minimum Gasteiger partial charge on any atom is -0.444 e. The molecule has 30 heavy (non-hydrogen) atoms. The van der Waals surface area contributed by atoms with Gasteiger partial charge in [-0.2, -0.15) is 0 Å². The Bertz CT molecular complexity index is 839. The topological polar surface area (TPSA) is 74.8 Å². The van der Waals surface area contributed by atoms with E-state index in [2.05, 4.69) is 15.2 Å². The number of benzene rings is 1. The fraction of sp³-hybridized carbons (Fsp3) is 0.435. The van der Waals surface area contributed by atoms with Gasteiger partial charge in [-0.25, -0.2) is 4.79 Å². The first-order chi connectivity index (χ1) is 14.3. The van der Waals surface area contributed by atoms with Gasteiger partial charge < -0.3 is 9.64 Å². The molecule has 0 radical (unpaired) electrons. The molecular weight excluding hydrogens is 380 g/mol.